The molecule has 3 rings (SSSR count). The molecular weight excluding hydrogens is 428 g/mol. The number of anilines is 1. The van der Waals surface area contributed by atoms with Crippen LogP contribution in [0.25, 0.3) is 0 Å². The van der Waals surface area contributed by atoms with Gasteiger partial charge in [-0.3, -0.25) is 14.5 Å². The molecule has 2 aromatic rings. The van der Waals surface area contributed by atoms with Gasteiger partial charge >= 0.3 is 0 Å². The summed E-state index contributed by atoms with van der Waals surface area (Å²) in [5.74, 6) is 0.327. The van der Waals surface area contributed by atoms with Gasteiger partial charge in [0.05, 0.1) is 18.2 Å². The second kappa shape index (κ2) is 10.9. The summed E-state index contributed by atoms with van der Waals surface area (Å²) in [5.41, 5.74) is 1.05. The molecule has 2 amide bonds. The molecule has 0 bridgehead atoms. The van der Waals surface area contributed by atoms with Gasteiger partial charge in [0.1, 0.15) is 17.4 Å². The van der Waals surface area contributed by atoms with Crippen LogP contribution in [0.4, 0.5) is 5.69 Å². The lowest BCUT2D eigenvalue weighted by Crippen LogP contribution is -2.46. The third-order valence-electron chi connectivity index (χ3n) is 5.72. The molecule has 0 saturated carbocycles. The molecule has 2 heterocycles. The van der Waals surface area contributed by atoms with E-state index in [1.807, 2.05) is 11.6 Å². The van der Waals surface area contributed by atoms with Crippen molar-refractivity contribution in [3.63, 3.8) is 0 Å². The molecule has 0 spiro atoms. The Labute approximate surface area is 193 Å². The average Bonchev–Trinajstić information content (AvgIpc) is 3.26. The van der Waals surface area contributed by atoms with E-state index in [0.717, 1.165) is 18.1 Å². The zero-order valence-corrected chi connectivity index (χ0v) is 20.1. The summed E-state index contributed by atoms with van der Waals surface area (Å²) in [7, 11) is 3.46. The van der Waals surface area contributed by atoms with Crippen LogP contribution < -0.4 is 10.1 Å². The number of thiazole rings is 1. The second-order valence-electron chi connectivity index (χ2n) is 8.34. The van der Waals surface area contributed by atoms with Gasteiger partial charge in [0.2, 0.25) is 5.91 Å². The Kier molecular flexibility index (Phi) is 8.22. The summed E-state index contributed by atoms with van der Waals surface area (Å²) >= 11 is 1.63. The van der Waals surface area contributed by atoms with E-state index in [1.165, 1.54) is 6.92 Å². The van der Waals surface area contributed by atoms with Crippen LogP contribution in [0.5, 0.6) is 5.75 Å². The Balaban J connectivity index is 1.94. The van der Waals surface area contributed by atoms with Crippen molar-refractivity contribution >= 4 is 28.8 Å². The first-order valence-corrected chi connectivity index (χ1v) is 11.6. The van der Waals surface area contributed by atoms with Crippen molar-refractivity contribution in [2.75, 3.05) is 39.2 Å². The molecule has 0 unspecified atom stereocenters. The topological polar surface area (TPSA) is 84.0 Å². The van der Waals surface area contributed by atoms with E-state index in [-0.39, 0.29) is 29.9 Å². The van der Waals surface area contributed by atoms with E-state index in [9.17, 15) is 9.59 Å². The highest BCUT2D eigenvalue weighted by atomic mass is 32.1. The van der Waals surface area contributed by atoms with Gasteiger partial charge in [-0.15, -0.1) is 11.3 Å². The lowest BCUT2D eigenvalue weighted by atomic mass is 10.0. The number of hydrogen-bond acceptors (Lipinski definition) is 7. The summed E-state index contributed by atoms with van der Waals surface area (Å²) in [5, 5.41) is 5.79. The Morgan fingerprint density at radius 3 is 2.78 bits per heavy atom. The second-order valence-corrected chi connectivity index (χ2v) is 9.32. The number of amides is 2. The number of methoxy groups -OCH3 is 1. The molecule has 9 heteroatoms. The van der Waals surface area contributed by atoms with Crippen molar-refractivity contribution in [1.29, 1.82) is 0 Å². The SMILES string of the molecule is CO[C@@H]1CN(C)C(=O)c2ccc(NC(C)=O)cc2OC[C@H](C)N(Cc2nccs2)C[C@H]1C. The minimum Gasteiger partial charge on any atom is -0.491 e. The summed E-state index contributed by atoms with van der Waals surface area (Å²) in [6, 6.07) is 5.20. The van der Waals surface area contributed by atoms with E-state index in [1.54, 1.807) is 48.6 Å². The lowest BCUT2D eigenvalue weighted by Gasteiger charge is -2.35. The molecule has 3 atom stereocenters. The Morgan fingerprint density at radius 2 is 2.12 bits per heavy atom. The minimum atomic E-state index is -0.179. The van der Waals surface area contributed by atoms with E-state index in [0.29, 0.717) is 30.2 Å². The maximum atomic E-state index is 13.2. The highest BCUT2D eigenvalue weighted by Crippen LogP contribution is 2.27. The molecule has 0 saturated heterocycles. The lowest BCUT2D eigenvalue weighted by molar-refractivity contribution is -0.114. The fraction of sp³-hybridized carbons (Fsp3) is 0.522. The first-order valence-electron chi connectivity index (χ1n) is 10.7. The van der Waals surface area contributed by atoms with Crippen molar-refractivity contribution < 1.29 is 19.1 Å². The summed E-state index contributed by atoms with van der Waals surface area (Å²) in [6.45, 7) is 8.06. The number of rotatable bonds is 4. The van der Waals surface area contributed by atoms with Crippen molar-refractivity contribution in [3.8, 4) is 5.75 Å². The fourth-order valence-electron chi connectivity index (χ4n) is 3.85. The van der Waals surface area contributed by atoms with E-state index in [2.05, 4.69) is 29.0 Å². The number of carbonyl (C=O) groups excluding carboxylic acids is 2. The largest absolute Gasteiger partial charge is 0.491 e. The first kappa shape index (κ1) is 24.2. The van der Waals surface area contributed by atoms with Gasteiger partial charge in [0.25, 0.3) is 5.91 Å². The maximum Gasteiger partial charge on any atom is 0.257 e. The van der Waals surface area contributed by atoms with Crippen LogP contribution in [0.15, 0.2) is 29.8 Å². The van der Waals surface area contributed by atoms with Crippen molar-refractivity contribution in [3.05, 3.63) is 40.3 Å². The summed E-state index contributed by atoms with van der Waals surface area (Å²) in [6.07, 6.45) is 1.71. The van der Waals surface area contributed by atoms with Gasteiger partial charge in [-0.25, -0.2) is 4.98 Å². The van der Waals surface area contributed by atoms with Crippen LogP contribution in [0.3, 0.4) is 0 Å². The number of carbonyl (C=O) groups is 2. The van der Waals surface area contributed by atoms with Crippen molar-refractivity contribution in [2.24, 2.45) is 5.92 Å². The molecule has 1 aliphatic rings. The van der Waals surface area contributed by atoms with Gasteiger partial charge in [-0.05, 0) is 25.0 Å². The molecule has 1 aromatic heterocycles. The van der Waals surface area contributed by atoms with Crippen LogP contribution >= 0.6 is 11.3 Å². The van der Waals surface area contributed by atoms with Crippen LogP contribution in [0.2, 0.25) is 0 Å². The summed E-state index contributed by atoms with van der Waals surface area (Å²) < 4.78 is 11.9. The molecule has 0 radical (unpaired) electrons. The molecule has 1 aliphatic heterocycles. The average molecular weight is 461 g/mol. The number of aromatic nitrogens is 1. The Hall–Kier alpha value is -2.49. The van der Waals surface area contributed by atoms with Gasteiger partial charge < -0.3 is 19.7 Å². The highest BCUT2D eigenvalue weighted by molar-refractivity contribution is 7.09. The van der Waals surface area contributed by atoms with E-state index in [4.69, 9.17) is 9.47 Å². The van der Waals surface area contributed by atoms with E-state index < -0.39 is 0 Å². The molecular formula is C23H32N4O4S. The van der Waals surface area contributed by atoms with Gasteiger partial charge in [0.15, 0.2) is 0 Å². The predicted octanol–water partition coefficient (Wildman–Crippen LogP) is 3.11. The number of hydrogen-bond donors (Lipinski definition) is 1. The first-order chi connectivity index (χ1) is 15.3. The third kappa shape index (κ3) is 6.05. The quantitative estimate of drug-likeness (QED) is 0.755. The number of likely N-dealkylation sites (N-methyl/N-ethyl adjacent to an activating group) is 1. The minimum absolute atomic E-state index is 0.0726. The van der Waals surface area contributed by atoms with Crippen LogP contribution in [-0.4, -0.2) is 72.6 Å². The van der Waals surface area contributed by atoms with Gasteiger partial charge in [-0.2, -0.15) is 0 Å². The fourth-order valence-corrected chi connectivity index (χ4v) is 4.49. The van der Waals surface area contributed by atoms with Gasteiger partial charge in [-0.1, -0.05) is 6.92 Å². The zero-order valence-electron chi connectivity index (χ0n) is 19.3. The molecule has 174 valence electrons. The smallest absolute Gasteiger partial charge is 0.257 e. The molecule has 32 heavy (non-hydrogen) atoms. The number of nitrogens with zero attached hydrogens (tertiary/aromatic N) is 3. The molecule has 1 aromatic carbocycles. The number of ether oxygens (including phenoxy) is 2. The van der Waals surface area contributed by atoms with Crippen molar-refractivity contribution in [1.82, 2.24) is 14.8 Å². The number of fused-ring (bicyclic) bond motifs is 1. The third-order valence-corrected chi connectivity index (χ3v) is 6.48. The van der Waals surface area contributed by atoms with Crippen molar-refractivity contribution in [2.45, 2.75) is 39.5 Å². The van der Waals surface area contributed by atoms with Crippen LogP contribution in [0.1, 0.15) is 36.1 Å². The predicted molar refractivity (Wildman–Crippen MR) is 125 cm³/mol. The molecule has 0 aliphatic carbocycles. The normalized spacial score (nSPS) is 23.0. The van der Waals surface area contributed by atoms with Gasteiger partial charge in [0, 0.05) is 63.5 Å². The molecule has 8 nitrogen and oxygen atoms in total. The van der Waals surface area contributed by atoms with E-state index >= 15 is 0 Å². The molecule has 1 N–H and O–H groups in total. The Bertz CT molecular complexity index is 921. The maximum absolute atomic E-state index is 13.2. The zero-order chi connectivity index (χ0) is 23.3. The Morgan fingerprint density at radius 1 is 1.34 bits per heavy atom. The summed E-state index contributed by atoms with van der Waals surface area (Å²) in [4.78, 5) is 33.2. The standard InChI is InChI=1S/C23H32N4O4S/c1-15-11-27(13-22-24-8-9-32-22)16(2)14-31-20-10-18(25-17(3)28)6-7-19(20)23(29)26(4)12-21(15)30-5/h6-10,15-16,21H,11-14H2,1-5H3,(H,25,28)/t15-,16+,21-/m1/s1. The highest BCUT2D eigenvalue weighted by Gasteiger charge is 2.28. The monoisotopic (exact) mass is 460 g/mol. The van der Waals surface area contributed by atoms with Crippen LogP contribution in [-0.2, 0) is 16.1 Å². The number of benzene rings is 1. The van der Waals surface area contributed by atoms with Crippen LogP contribution in [0, 0.1) is 5.92 Å². The molecule has 0 fully saturated rings. The number of nitrogens with one attached hydrogen (secondary N) is 1.